The Morgan fingerprint density at radius 2 is 1.78 bits per heavy atom. The number of carbonyl (C=O) groups is 1. The molecule has 2 aromatic carbocycles. The van der Waals surface area contributed by atoms with Crippen LogP contribution in [0.4, 0.5) is 0 Å². The Kier molecular flexibility index (Phi) is 4.11. The minimum absolute atomic E-state index is 0.0170. The monoisotopic (exact) mass is 305 g/mol. The van der Waals surface area contributed by atoms with Crippen LogP contribution in [0.15, 0.2) is 53.5 Å². The Balaban J connectivity index is 1.82. The number of aryl methyl sites for hydroxylation is 2. The number of Topliss-reactive ketones (excluding diaryl/α,β-unsaturated/α-hetero) is 1. The summed E-state index contributed by atoms with van der Waals surface area (Å²) in [4.78, 5) is 17.0. The van der Waals surface area contributed by atoms with Crippen LogP contribution in [-0.4, -0.2) is 25.1 Å². The molecular weight excluding hydrogens is 286 g/mol. The van der Waals surface area contributed by atoms with Crippen molar-refractivity contribution < 1.29 is 9.53 Å². The Morgan fingerprint density at radius 3 is 2.43 bits per heavy atom. The molecular formula is C20H19NO2. The van der Waals surface area contributed by atoms with Crippen molar-refractivity contribution in [2.75, 3.05) is 13.7 Å². The summed E-state index contributed by atoms with van der Waals surface area (Å²) in [6.07, 6.45) is 1.89. The van der Waals surface area contributed by atoms with E-state index < -0.39 is 0 Å². The van der Waals surface area contributed by atoms with E-state index in [2.05, 4.69) is 4.99 Å². The van der Waals surface area contributed by atoms with Gasteiger partial charge in [-0.3, -0.25) is 9.79 Å². The van der Waals surface area contributed by atoms with Crippen LogP contribution in [0.2, 0.25) is 0 Å². The highest BCUT2D eigenvalue weighted by molar-refractivity contribution is 6.51. The maximum Gasteiger partial charge on any atom is 0.210 e. The molecule has 1 aliphatic rings. The number of ketones is 1. The van der Waals surface area contributed by atoms with Crippen molar-refractivity contribution in [1.29, 1.82) is 0 Å². The summed E-state index contributed by atoms with van der Waals surface area (Å²) in [5.74, 6) is 0.802. The molecule has 0 saturated heterocycles. The minimum atomic E-state index is -0.0170. The van der Waals surface area contributed by atoms with Crippen LogP contribution in [0.1, 0.15) is 27.0 Å². The SMILES string of the molecule is COc1ccc(C2=CC(C(=O)c3ccc(C)c(C)c3)=NC2)cc1. The Morgan fingerprint density at radius 1 is 1.04 bits per heavy atom. The molecule has 3 rings (SSSR count). The first-order valence-electron chi connectivity index (χ1n) is 7.60. The van der Waals surface area contributed by atoms with Gasteiger partial charge in [-0.2, -0.15) is 0 Å². The summed E-state index contributed by atoms with van der Waals surface area (Å²) in [5.41, 5.74) is 5.65. The summed E-state index contributed by atoms with van der Waals surface area (Å²) in [6, 6.07) is 13.6. The number of methoxy groups -OCH3 is 1. The molecule has 1 heterocycles. The van der Waals surface area contributed by atoms with E-state index in [9.17, 15) is 4.79 Å². The zero-order valence-corrected chi connectivity index (χ0v) is 13.6. The largest absolute Gasteiger partial charge is 0.497 e. The summed E-state index contributed by atoms with van der Waals surface area (Å²) in [7, 11) is 1.65. The first-order chi connectivity index (χ1) is 11.1. The van der Waals surface area contributed by atoms with Crippen LogP contribution >= 0.6 is 0 Å². The molecule has 0 aromatic heterocycles. The normalized spacial score (nSPS) is 13.5. The van der Waals surface area contributed by atoms with Gasteiger partial charge < -0.3 is 4.74 Å². The molecule has 0 bridgehead atoms. The van der Waals surface area contributed by atoms with Gasteiger partial charge in [0.15, 0.2) is 0 Å². The fourth-order valence-electron chi connectivity index (χ4n) is 2.57. The average molecular weight is 305 g/mol. The number of allylic oxidation sites excluding steroid dienone is 1. The third-order valence-corrected chi connectivity index (χ3v) is 4.19. The lowest BCUT2D eigenvalue weighted by Crippen LogP contribution is -2.10. The lowest BCUT2D eigenvalue weighted by atomic mass is 10.00. The molecule has 2 aromatic rings. The third-order valence-electron chi connectivity index (χ3n) is 4.19. The zero-order chi connectivity index (χ0) is 16.4. The molecule has 0 N–H and O–H groups in total. The predicted molar refractivity (Wildman–Crippen MR) is 93.5 cm³/mol. The van der Waals surface area contributed by atoms with E-state index in [4.69, 9.17) is 4.74 Å². The van der Waals surface area contributed by atoms with Crippen molar-refractivity contribution in [2.45, 2.75) is 13.8 Å². The van der Waals surface area contributed by atoms with E-state index >= 15 is 0 Å². The van der Waals surface area contributed by atoms with Crippen LogP contribution in [0, 0.1) is 13.8 Å². The second kappa shape index (κ2) is 6.21. The van der Waals surface area contributed by atoms with Crippen molar-refractivity contribution in [3.8, 4) is 5.75 Å². The molecule has 3 heteroatoms. The van der Waals surface area contributed by atoms with Gasteiger partial charge in [0, 0.05) is 5.56 Å². The number of nitrogens with zero attached hydrogens (tertiary/aromatic N) is 1. The molecule has 0 radical (unpaired) electrons. The first kappa shape index (κ1) is 15.2. The van der Waals surface area contributed by atoms with Crippen molar-refractivity contribution >= 4 is 17.1 Å². The Labute approximate surface area is 136 Å². The van der Waals surface area contributed by atoms with Gasteiger partial charge in [-0.15, -0.1) is 0 Å². The molecule has 1 aliphatic heterocycles. The predicted octanol–water partition coefficient (Wildman–Crippen LogP) is 4.03. The second-order valence-electron chi connectivity index (χ2n) is 5.73. The Bertz CT molecular complexity index is 814. The van der Waals surface area contributed by atoms with E-state index in [1.165, 1.54) is 5.56 Å². The van der Waals surface area contributed by atoms with Gasteiger partial charge >= 0.3 is 0 Å². The highest BCUT2D eigenvalue weighted by atomic mass is 16.5. The van der Waals surface area contributed by atoms with Crippen molar-refractivity contribution in [3.63, 3.8) is 0 Å². The van der Waals surface area contributed by atoms with Crippen molar-refractivity contribution in [2.24, 2.45) is 4.99 Å². The van der Waals surface area contributed by atoms with Crippen LogP contribution in [0.25, 0.3) is 5.57 Å². The number of hydrogen-bond donors (Lipinski definition) is 0. The van der Waals surface area contributed by atoms with Crippen LogP contribution < -0.4 is 4.74 Å². The molecule has 0 amide bonds. The number of benzene rings is 2. The van der Waals surface area contributed by atoms with Crippen LogP contribution in [-0.2, 0) is 0 Å². The van der Waals surface area contributed by atoms with E-state index in [1.54, 1.807) is 7.11 Å². The van der Waals surface area contributed by atoms with Gasteiger partial charge in [-0.25, -0.2) is 0 Å². The van der Waals surface area contributed by atoms with Gasteiger partial charge in [-0.1, -0.05) is 24.3 Å². The van der Waals surface area contributed by atoms with Gasteiger partial charge in [-0.05, 0) is 60.4 Å². The quantitative estimate of drug-likeness (QED) is 0.800. The third kappa shape index (κ3) is 3.09. The number of hydrogen-bond acceptors (Lipinski definition) is 3. The second-order valence-corrected chi connectivity index (χ2v) is 5.73. The molecule has 0 spiro atoms. The minimum Gasteiger partial charge on any atom is -0.497 e. The average Bonchev–Trinajstić information content (AvgIpc) is 3.07. The lowest BCUT2D eigenvalue weighted by Gasteiger charge is -2.04. The zero-order valence-electron chi connectivity index (χ0n) is 13.6. The van der Waals surface area contributed by atoms with E-state index in [0.717, 1.165) is 22.4 Å². The molecule has 23 heavy (non-hydrogen) atoms. The van der Waals surface area contributed by atoms with Gasteiger partial charge in [0.05, 0.1) is 13.7 Å². The lowest BCUT2D eigenvalue weighted by molar-refractivity contribution is 0.106. The fourth-order valence-corrected chi connectivity index (χ4v) is 2.57. The highest BCUT2D eigenvalue weighted by Gasteiger charge is 2.18. The molecule has 0 fully saturated rings. The Hall–Kier alpha value is -2.68. The van der Waals surface area contributed by atoms with Crippen LogP contribution in [0.3, 0.4) is 0 Å². The van der Waals surface area contributed by atoms with E-state index in [0.29, 0.717) is 17.8 Å². The van der Waals surface area contributed by atoms with Gasteiger partial charge in [0.25, 0.3) is 0 Å². The topological polar surface area (TPSA) is 38.7 Å². The summed E-state index contributed by atoms with van der Waals surface area (Å²) in [6.45, 7) is 4.60. The molecule has 0 saturated carbocycles. The first-order valence-corrected chi connectivity index (χ1v) is 7.60. The summed E-state index contributed by atoms with van der Waals surface area (Å²) >= 11 is 0. The molecule has 116 valence electrons. The maximum absolute atomic E-state index is 12.6. The fraction of sp³-hybridized carbons (Fsp3) is 0.200. The van der Waals surface area contributed by atoms with Crippen molar-refractivity contribution in [3.05, 3.63) is 70.8 Å². The highest BCUT2D eigenvalue weighted by Crippen LogP contribution is 2.23. The summed E-state index contributed by atoms with van der Waals surface area (Å²) < 4.78 is 5.17. The van der Waals surface area contributed by atoms with Gasteiger partial charge in [0.2, 0.25) is 5.78 Å². The molecule has 0 atom stereocenters. The number of carbonyl (C=O) groups excluding carboxylic acids is 1. The number of rotatable bonds is 4. The van der Waals surface area contributed by atoms with Crippen LogP contribution in [0.5, 0.6) is 5.75 Å². The summed E-state index contributed by atoms with van der Waals surface area (Å²) in [5, 5.41) is 0. The standard InChI is InChI=1S/C20H19NO2/c1-13-4-5-16(10-14(13)2)20(22)19-11-17(12-21-19)15-6-8-18(23-3)9-7-15/h4-11H,12H2,1-3H3. The molecule has 0 aliphatic carbocycles. The number of ether oxygens (including phenoxy) is 1. The maximum atomic E-state index is 12.6. The van der Waals surface area contributed by atoms with E-state index in [1.807, 2.05) is 62.4 Å². The van der Waals surface area contributed by atoms with E-state index in [-0.39, 0.29) is 5.78 Å². The molecule has 0 unspecified atom stereocenters. The smallest absolute Gasteiger partial charge is 0.210 e. The number of aliphatic imine (C=N–C) groups is 1. The molecule has 3 nitrogen and oxygen atoms in total. The van der Waals surface area contributed by atoms with Crippen molar-refractivity contribution in [1.82, 2.24) is 0 Å². The van der Waals surface area contributed by atoms with Gasteiger partial charge in [0.1, 0.15) is 11.5 Å².